The third-order valence-electron chi connectivity index (χ3n) is 18.2. The predicted octanol–water partition coefficient (Wildman–Crippen LogP) is -2.59. The zero-order chi connectivity index (χ0) is 77.7. The first-order chi connectivity index (χ1) is 50.4. The molecule has 4 heterocycles. The molecular formula is C71H104N18O16S. The molecule has 4 aliphatic rings. The molecule has 0 bridgehead atoms. The molecule has 4 aliphatic heterocycles. The number of nitrogens with two attached hydrogens (primary N) is 5. The van der Waals surface area contributed by atoms with E-state index in [-0.39, 0.29) is 127 Å². The number of carbonyl (C=O) groups excluding carboxylic acids is 13. The van der Waals surface area contributed by atoms with Gasteiger partial charge < -0.3 is 85.9 Å². The number of imide groups is 2. The van der Waals surface area contributed by atoms with Crippen molar-refractivity contribution in [2.24, 2.45) is 50.5 Å². The van der Waals surface area contributed by atoms with E-state index in [1.807, 2.05) is 0 Å². The molecule has 0 radical (unpaired) electrons. The summed E-state index contributed by atoms with van der Waals surface area (Å²) in [7, 11) is 0. The summed E-state index contributed by atoms with van der Waals surface area (Å²) in [5.41, 5.74) is 29.2. The van der Waals surface area contributed by atoms with Gasteiger partial charge in [-0.05, 0) is 87.2 Å². The van der Waals surface area contributed by atoms with E-state index in [0.717, 1.165) is 26.5 Å². The normalized spacial score (nSPS) is 19.0. The number of amides is 13. The summed E-state index contributed by atoms with van der Waals surface area (Å²) >= 11 is 0.886. The van der Waals surface area contributed by atoms with Crippen LogP contribution in [0.4, 0.5) is 0 Å². The number of guanidine groups is 2. The number of thioether (sulfide) groups is 1. The summed E-state index contributed by atoms with van der Waals surface area (Å²) in [6.45, 7) is 6.73. The SMILES string of the molecule is CC(C)C[C@H](NC(=O)[C@H](CC(C)C)NC(=O)[C@@H](Cc1ccccc1)NC(=O)[C@H](CSC1CC(=O)N(CCCCCCN2C(=O)C=CC2=O)C1=O)NC(=O)[C@H](Cc1ccccc1)NC(=O)CNC(=O)[C@@H]1C[C@@H](O)CN1C(=O)[C@@H]1CCCN1C(=O)[C@H](CCCN=C(N)N)NC(=O)[C@H](N)CCCN=C(N)N)C(=O)O. The molecule has 0 aliphatic carbocycles. The number of rotatable bonds is 43. The van der Waals surface area contributed by atoms with Gasteiger partial charge in [0.15, 0.2) is 11.9 Å². The van der Waals surface area contributed by atoms with Crippen molar-refractivity contribution in [3.8, 4) is 0 Å². The second kappa shape index (κ2) is 42.2. The van der Waals surface area contributed by atoms with Crippen molar-refractivity contribution in [1.82, 2.24) is 56.8 Å². The lowest BCUT2D eigenvalue weighted by molar-refractivity contribution is -0.148. The van der Waals surface area contributed by atoms with Gasteiger partial charge in [0.1, 0.15) is 48.3 Å². The summed E-state index contributed by atoms with van der Waals surface area (Å²) in [6, 6.07) is 5.00. The molecule has 6 rings (SSSR count). The Morgan fingerprint density at radius 1 is 0.585 bits per heavy atom. The highest BCUT2D eigenvalue weighted by Gasteiger charge is 2.47. The number of benzene rings is 2. The van der Waals surface area contributed by atoms with Crippen LogP contribution in [0.5, 0.6) is 0 Å². The largest absolute Gasteiger partial charge is 0.480 e. The van der Waals surface area contributed by atoms with Crippen LogP contribution in [0.3, 0.4) is 0 Å². The fourth-order valence-corrected chi connectivity index (χ4v) is 14.0. The Morgan fingerprint density at radius 2 is 1.08 bits per heavy atom. The number of likely N-dealkylation sites (tertiary alicyclic amines) is 3. The Balaban J connectivity index is 1.21. The number of nitrogens with one attached hydrogen (secondary N) is 7. The van der Waals surface area contributed by atoms with E-state index in [0.29, 0.717) is 49.7 Å². The highest BCUT2D eigenvalue weighted by molar-refractivity contribution is 8.00. The number of β-amino-alcohol motifs (C(OH)–C–C–N with tert-alkyl or cyclic N) is 1. The molecule has 1 unspecified atom stereocenters. The molecule has 3 saturated heterocycles. The van der Waals surface area contributed by atoms with Crippen molar-refractivity contribution in [3.05, 3.63) is 83.9 Å². The van der Waals surface area contributed by atoms with E-state index >= 15 is 4.79 Å². The molecule has 0 aromatic heterocycles. The van der Waals surface area contributed by atoms with E-state index in [2.05, 4.69) is 47.2 Å². The third-order valence-corrected chi connectivity index (χ3v) is 19.5. The van der Waals surface area contributed by atoms with Crippen molar-refractivity contribution in [2.45, 2.75) is 196 Å². The first-order valence-corrected chi connectivity index (χ1v) is 37.0. The van der Waals surface area contributed by atoms with Crippen molar-refractivity contribution in [2.75, 3.05) is 51.6 Å². The van der Waals surface area contributed by atoms with Gasteiger partial charge in [-0.3, -0.25) is 82.1 Å². The second-order valence-corrected chi connectivity index (χ2v) is 28.9. The number of hydrogen-bond acceptors (Lipinski definition) is 19. The highest BCUT2D eigenvalue weighted by Crippen LogP contribution is 2.29. The summed E-state index contributed by atoms with van der Waals surface area (Å²) in [4.78, 5) is 206. The standard InChI is InChI=1S/C71H104N18O16S/c1-41(2)32-48(61(96)84-51(69(104)105)33-42(3)4)82-63(98)50(35-44-20-11-8-12-21-44)83-64(99)52(40-106-55-37-59(94)88(68(55)103)30-14-6-5-13-29-87-57(92)25-26-58(87)93)85-62(97)49(34-43-18-9-7-10-19-43)80-56(91)38-79-65(100)54-36-45(90)39-89(54)67(102)53-24-17-31-86(53)66(101)47(23-16-28-78-71(75)76)81-60(95)46(72)22-15-27-77-70(73)74/h7-12,18-21,25-26,41-42,45-55,90H,5-6,13-17,22-24,27-40,72H2,1-4H3,(H,79,100)(H,80,91)(H,81,95)(H,82,98)(H,83,99)(H,84,96)(H,85,97)(H,104,105)(H4,73,74,77)(H4,75,76,78)/t45-,46-,47+,48+,49+,50-,51+,52+,53+,54+,55?/m1/s1. The number of aliphatic imine (C=N–C) groups is 2. The van der Waals surface area contributed by atoms with Crippen LogP contribution in [0, 0.1) is 11.8 Å². The second-order valence-electron chi connectivity index (χ2n) is 27.7. The molecule has 0 spiro atoms. The molecule has 35 heteroatoms. The van der Waals surface area contributed by atoms with E-state index in [1.165, 1.54) is 17.1 Å². The van der Waals surface area contributed by atoms with Gasteiger partial charge in [-0.25, -0.2) is 4.79 Å². The molecule has 19 N–H and O–H groups in total. The van der Waals surface area contributed by atoms with Gasteiger partial charge in [-0.15, -0.1) is 11.8 Å². The molecule has 11 atom stereocenters. The monoisotopic (exact) mass is 1500 g/mol. The molecule has 2 aromatic rings. The summed E-state index contributed by atoms with van der Waals surface area (Å²) < 4.78 is 0. The number of carboxylic acids is 1. The molecule has 13 amide bonds. The van der Waals surface area contributed by atoms with Crippen LogP contribution in [0.25, 0.3) is 0 Å². The zero-order valence-electron chi connectivity index (χ0n) is 60.5. The smallest absolute Gasteiger partial charge is 0.326 e. The van der Waals surface area contributed by atoms with Crippen LogP contribution < -0.4 is 65.9 Å². The first kappa shape index (κ1) is 84.9. The topological polar surface area (TPSA) is 531 Å². The minimum atomic E-state index is -1.64. The van der Waals surface area contributed by atoms with Gasteiger partial charge in [0.25, 0.3) is 11.8 Å². The lowest BCUT2D eigenvalue weighted by Gasteiger charge is -2.33. The molecule has 34 nitrogen and oxygen atoms in total. The van der Waals surface area contributed by atoms with E-state index < -0.39 is 161 Å². The maximum Gasteiger partial charge on any atom is 0.326 e. The quantitative estimate of drug-likeness (QED) is 0.0140. The van der Waals surface area contributed by atoms with Crippen LogP contribution in [-0.2, 0) is 80.0 Å². The Bertz CT molecular complexity index is 3500. The average molecular weight is 1500 g/mol. The Hall–Kier alpha value is -10.0. The number of nitrogens with zero attached hydrogens (tertiary/aromatic N) is 6. The van der Waals surface area contributed by atoms with Gasteiger partial charge in [0.05, 0.1) is 23.9 Å². The van der Waals surface area contributed by atoms with Crippen LogP contribution in [0.2, 0.25) is 0 Å². The maximum atomic E-state index is 15.1. The average Bonchev–Trinajstić information content (AvgIpc) is 1.63. The van der Waals surface area contributed by atoms with Gasteiger partial charge in [0.2, 0.25) is 65.0 Å². The van der Waals surface area contributed by atoms with Crippen molar-refractivity contribution < 1.29 is 77.3 Å². The minimum Gasteiger partial charge on any atom is -0.480 e. The molecule has 106 heavy (non-hydrogen) atoms. The van der Waals surface area contributed by atoms with Crippen LogP contribution >= 0.6 is 11.8 Å². The number of hydrogen-bond donors (Lipinski definition) is 14. The van der Waals surface area contributed by atoms with Crippen LogP contribution in [0.1, 0.15) is 129 Å². The number of aliphatic hydroxyl groups excluding tert-OH is 1. The van der Waals surface area contributed by atoms with Crippen molar-refractivity contribution >= 4 is 106 Å². The number of aliphatic hydroxyl groups is 1. The Kier molecular flexibility index (Phi) is 33.8. The lowest BCUT2D eigenvalue weighted by Crippen LogP contribution is -2.60. The van der Waals surface area contributed by atoms with Crippen LogP contribution in [-0.4, -0.2) is 242 Å². The molecule has 3 fully saturated rings. The lowest BCUT2D eigenvalue weighted by atomic mass is 9.99. The number of unbranched alkanes of at least 4 members (excludes halogenated alkanes) is 3. The van der Waals surface area contributed by atoms with E-state index in [4.69, 9.17) is 28.7 Å². The van der Waals surface area contributed by atoms with E-state index in [9.17, 15) is 72.5 Å². The number of aliphatic carboxylic acids is 1. The Labute approximate surface area is 620 Å². The van der Waals surface area contributed by atoms with Gasteiger partial charge >= 0.3 is 5.97 Å². The summed E-state index contributed by atoms with van der Waals surface area (Å²) in [5, 5.41) is 38.5. The molecule has 580 valence electrons. The van der Waals surface area contributed by atoms with Crippen LogP contribution in [0.15, 0.2) is 82.8 Å². The molecule has 2 aromatic carbocycles. The van der Waals surface area contributed by atoms with E-state index in [1.54, 1.807) is 88.4 Å². The van der Waals surface area contributed by atoms with Gasteiger partial charge in [-0.1, -0.05) is 101 Å². The summed E-state index contributed by atoms with van der Waals surface area (Å²) in [5.74, 6) is -11.5. The minimum absolute atomic E-state index is 0.0429. The third kappa shape index (κ3) is 26.8. The highest BCUT2D eigenvalue weighted by atomic mass is 32.2. The van der Waals surface area contributed by atoms with Gasteiger partial charge in [0, 0.05) is 82.9 Å². The van der Waals surface area contributed by atoms with Gasteiger partial charge in [-0.2, -0.15) is 0 Å². The Morgan fingerprint density at radius 3 is 1.65 bits per heavy atom. The predicted molar refractivity (Wildman–Crippen MR) is 392 cm³/mol. The van der Waals surface area contributed by atoms with Crippen molar-refractivity contribution in [3.63, 3.8) is 0 Å². The fourth-order valence-electron chi connectivity index (χ4n) is 12.8. The molecular weight excluding hydrogens is 1390 g/mol. The zero-order valence-corrected chi connectivity index (χ0v) is 61.3. The molecule has 0 saturated carbocycles. The first-order valence-electron chi connectivity index (χ1n) is 35.9. The number of carboxylic acid groups (broad SMARTS) is 1. The maximum absolute atomic E-state index is 15.1. The fraction of sp³-hybridized carbons (Fsp3) is 0.577. The number of carbonyl (C=O) groups is 14. The van der Waals surface area contributed by atoms with Crippen molar-refractivity contribution in [1.29, 1.82) is 0 Å². The summed E-state index contributed by atoms with van der Waals surface area (Å²) in [6.07, 6.45) is 3.78.